The zero-order chi connectivity index (χ0) is 18.8. The van der Waals surface area contributed by atoms with Gasteiger partial charge in [-0.2, -0.15) is 0 Å². The fourth-order valence-corrected chi connectivity index (χ4v) is 4.82. The lowest BCUT2D eigenvalue weighted by atomic mass is 9.94. The molecule has 3 heterocycles. The van der Waals surface area contributed by atoms with Crippen molar-refractivity contribution >= 4 is 17.6 Å². The SMILES string of the molecule is CN1C2CCC1CN(C(=O)C1CCN(C(=O)Nc3ccccc3)CC1)CC2. The van der Waals surface area contributed by atoms with E-state index >= 15 is 0 Å². The molecule has 1 aromatic carbocycles. The molecule has 0 aliphatic carbocycles. The van der Waals surface area contributed by atoms with Crippen molar-refractivity contribution in [3.63, 3.8) is 0 Å². The molecule has 27 heavy (non-hydrogen) atoms. The molecule has 0 radical (unpaired) electrons. The molecule has 2 bridgehead atoms. The predicted molar refractivity (Wildman–Crippen MR) is 106 cm³/mol. The van der Waals surface area contributed by atoms with Gasteiger partial charge < -0.3 is 15.1 Å². The van der Waals surface area contributed by atoms with Crippen molar-refractivity contribution in [1.29, 1.82) is 0 Å². The summed E-state index contributed by atoms with van der Waals surface area (Å²) in [6.45, 7) is 3.06. The number of carbonyl (C=O) groups excluding carboxylic acids is 2. The van der Waals surface area contributed by atoms with E-state index in [0.29, 0.717) is 31.1 Å². The topological polar surface area (TPSA) is 55.9 Å². The Morgan fingerprint density at radius 2 is 1.56 bits per heavy atom. The first kappa shape index (κ1) is 18.3. The third-order valence-corrected chi connectivity index (χ3v) is 6.62. The number of urea groups is 1. The number of nitrogens with one attached hydrogen (secondary N) is 1. The molecule has 0 saturated carbocycles. The van der Waals surface area contributed by atoms with E-state index in [4.69, 9.17) is 0 Å². The molecular formula is C21H30N4O2. The van der Waals surface area contributed by atoms with Crippen LogP contribution in [0.5, 0.6) is 0 Å². The van der Waals surface area contributed by atoms with Crippen molar-refractivity contribution in [1.82, 2.24) is 14.7 Å². The second-order valence-corrected chi connectivity index (χ2v) is 8.18. The van der Waals surface area contributed by atoms with Crippen LogP contribution in [0.2, 0.25) is 0 Å². The van der Waals surface area contributed by atoms with Gasteiger partial charge in [0.25, 0.3) is 0 Å². The summed E-state index contributed by atoms with van der Waals surface area (Å²) in [5, 5.41) is 2.94. The Morgan fingerprint density at radius 3 is 2.30 bits per heavy atom. The van der Waals surface area contributed by atoms with Crippen LogP contribution in [-0.4, -0.2) is 71.9 Å². The summed E-state index contributed by atoms with van der Waals surface area (Å²) in [6.07, 6.45) is 5.11. The van der Waals surface area contributed by atoms with Crippen LogP contribution in [0.25, 0.3) is 0 Å². The van der Waals surface area contributed by atoms with E-state index in [1.807, 2.05) is 35.2 Å². The highest BCUT2D eigenvalue weighted by molar-refractivity contribution is 5.89. The molecule has 0 aromatic heterocycles. The molecule has 1 N–H and O–H groups in total. The van der Waals surface area contributed by atoms with E-state index in [9.17, 15) is 9.59 Å². The molecule has 4 rings (SSSR count). The smallest absolute Gasteiger partial charge is 0.321 e. The Bertz CT molecular complexity index is 672. The number of fused-ring (bicyclic) bond motifs is 2. The standard InChI is InChI=1S/C21H30N4O2/c1-23-18-7-8-19(23)15-25(14-11-18)20(26)16-9-12-24(13-10-16)21(27)22-17-5-3-2-4-6-17/h2-6,16,18-19H,7-15H2,1H3,(H,22,27). The maximum Gasteiger partial charge on any atom is 0.321 e. The first-order chi connectivity index (χ1) is 13.1. The van der Waals surface area contributed by atoms with E-state index in [1.54, 1.807) is 0 Å². The van der Waals surface area contributed by atoms with Gasteiger partial charge in [0.05, 0.1) is 0 Å². The molecule has 146 valence electrons. The molecule has 6 nitrogen and oxygen atoms in total. The third kappa shape index (κ3) is 3.95. The number of hydrogen-bond donors (Lipinski definition) is 1. The Labute approximate surface area is 161 Å². The molecule has 3 aliphatic rings. The van der Waals surface area contributed by atoms with E-state index in [0.717, 1.165) is 38.0 Å². The van der Waals surface area contributed by atoms with Crippen LogP contribution in [-0.2, 0) is 4.79 Å². The minimum atomic E-state index is -0.0687. The Kier molecular flexibility index (Phi) is 5.34. The molecule has 3 aliphatic heterocycles. The molecule has 2 atom stereocenters. The molecule has 0 spiro atoms. The first-order valence-electron chi connectivity index (χ1n) is 10.2. The predicted octanol–water partition coefficient (Wildman–Crippen LogP) is 2.63. The van der Waals surface area contributed by atoms with Gasteiger partial charge in [0.15, 0.2) is 0 Å². The molecule has 1 aromatic rings. The van der Waals surface area contributed by atoms with E-state index in [2.05, 4.69) is 22.2 Å². The van der Waals surface area contributed by atoms with E-state index in [1.165, 1.54) is 12.8 Å². The maximum atomic E-state index is 13.0. The number of para-hydroxylation sites is 1. The summed E-state index contributed by atoms with van der Waals surface area (Å²) in [5.41, 5.74) is 0.810. The highest BCUT2D eigenvalue weighted by Crippen LogP contribution is 2.30. The number of likely N-dealkylation sites (tertiary alicyclic amines) is 2. The maximum absolute atomic E-state index is 13.0. The third-order valence-electron chi connectivity index (χ3n) is 6.62. The summed E-state index contributed by atoms with van der Waals surface area (Å²) < 4.78 is 0. The lowest BCUT2D eigenvalue weighted by molar-refractivity contribution is -0.137. The van der Waals surface area contributed by atoms with Crippen molar-refractivity contribution in [2.75, 3.05) is 38.5 Å². The molecule has 2 unspecified atom stereocenters. The zero-order valence-corrected chi connectivity index (χ0v) is 16.1. The van der Waals surface area contributed by atoms with Crippen molar-refractivity contribution in [3.8, 4) is 0 Å². The van der Waals surface area contributed by atoms with E-state index in [-0.39, 0.29) is 11.9 Å². The van der Waals surface area contributed by atoms with Gasteiger partial charge in [-0.05, 0) is 51.3 Å². The average Bonchev–Trinajstić information content (AvgIpc) is 2.94. The zero-order valence-electron chi connectivity index (χ0n) is 16.1. The second kappa shape index (κ2) is 7.89. The van der Waals surface area contributed by atoms with Crippen LogP contribution < -0.4 is 5.32 Å². The number of piperidine rings is 1. The summed E-state index contributed by atoms with van der Waals surface area (Å²) in [4.78, 5) is 31.9. The Balaban J connectivity index is 1.28. The van der Waals surface area contributed by atoms with Crippen LogP contribution in [0.3, 0.4) is 0 Å². The minimum Gasteiger partial charge on any atom is -0.341 e. The van der Waals surface area contributed by atoms with Gasteiger partial charge in [0.2, 0.25) is 5.91 Å². The van der Waals surface area contributed by atoms with Crippen LogP contribution in [0.15, 0.2) is 30.3 Å². The van der Waals surface area contributed by atoms with Gasteiger partial charge in [-0.3, -0.25) is 9.69 Å². The average molecular weight is 370 g/mol. The molecule has 3 saturated heterocycles. The normalized spacial score (nSPS) is 26.7. The lowest BCUT2D eigenvalue weighted by Crippen LogP contribution is -2.47. The van der Waals surface area contributed by atoms with Crippen molar-refractivity contribution in [3.05, 3.63) is 30.3 Å². The molecule has 3 fully saturated rings. The summed E-state index contributed by atoms with van der Waals surface area (Å²) in [6, 6.07) is 10.6. The second-order valence-electron chi connectivity index (χ2n) is 8.18. The number of carbonyl (C=O) groups is 2. The highest BCUT2D eigenvalue weighted by Gasteiger charge is 2.38. The van der Waals surface area contributed by atoms with Gasteiger partial charge in [0, 0.05) is 49.9 Å². The lowest BCUT2D eigenvalue weighted by Gasteiger charge is -2.35. The molecule has 3 amide bonds. The fraction of sp³-hybridized carbons (Fsp3) is 0.619. The number of benzene rings is 1. The number of hydrogen-bond acceptors (Lipinski definition) is 3. The number of nitrogens with zero attached hydrogens (tertiary/aromatic N) is 3. The highest BCUT2D eigenvalue weighted by atomic mass is 16.2. The summed E-state index contributed by atoms with van der Waals surface area (Å²) in [5.74, 6) is 0.367. The first-order valence-corrected chi connectivity index (χ1v) is 10.2. The van der Waals surface area contributed by atoms with Crippen LogP contribution in [0.4, 0.5) is 10.5 Å². The Hall–Kier alpha value is -2.08. The van der Waals surface area contributed by atoms with Gasteiger partial charge >= 0.3 is 6.03 Å². The molecular weight excluding hydrogens is 340 g/mol. The summed E-state index contributed by atoms with van der Waals surface area (Å²) in [7, 11) is 2.21. The Morgan fingerprint density at radius 1 is 0.889 bits per heavy atom. The number of anilines is 1. The van der Waals surface area contributed by atoms with Gasteiger partial charge in [-0.1, -0.05) is 18.2 Å². The number of amides is 3. The quantitative estimate of drug-likeness (QED) is 0.871. The monoisotopic (exact) mass is 370 g/mol. The van der Waals surface area contributed by atoms with Crippen LogP contribution >= 0.6 is 0 Å². The van der Waals surface area contributed by atoms with Gasteiger partial charge in [-0.25, -0.2) is 4.79 Å². The molecule has 6 heteroatoms. The van der Waals surface area contributed by atoms with Gasteiger partial charge in [0.1, 0.15) is 0 Å². The number of likely N-dealkylation sites (N-methyl/N-ethyl adjacent to an activating group) is 1. The largest absolute Gasteiger partial charge is 0.341 e. The van der Waals surface area contributed by atoms with Crippen molar-refractivity contribution in [2.24, 2.45) is 5.92 Å². The van der Waals surface area contributed by atoms with Crippen molar-refractivity contribution in [2.45, 2.75) is 44.2 Å². The van der Waals surface area contributed by atoms with Gasteiger partial charge in [-0.15, -0.1) is 0 Å². The van der Waals surface area contributed by atoms with Crippen LogP contribution in [0, 0.1) is 5.92 Å². The number of rotatable bonds is 2. The van der Waals surface area contributed by atoms with Crippen LogP contribution in [0.1, 0.15) is 32.1 Å². The minimum absolute atomic E-state index is 0.0627. The van der Waals surface area contributed by atoms with Crippen molar-refractivity contribution < 1.29 is 9.59 Å². The van der Waals surface area contributed by atoms with E-state index < -0.39 is 0 Å². The fourth-order valence-electron chi connectivity index (χ4n) is 4.82. The summed E-state index contributed by atoms with van der Waals surface area (Å²) >= 11 is 0.